The Bertz CT molecular complexity index is 2700. The maximum absolute atomic E-state index is 2.43. The summed E-state index contributed by atoms with van der Waals surface area (Å²) in [4.78, 5) is 0. The van der Waals surface area contributed by atoms with Crippen molar-refractivity contribution in [3.05, 3.63) is 211 Å². The summed E-state index contributed by atoms with van der Waals surface area (Å²) in [7, 11) is 0. The Morgan fingerprint density at radius 3 is 1.65 bits per heavy atom. The number of benzene rings is 8. The van der Waals surface area contributed by atoms with Crippen molar-refractivity contribution in [2.45, 2.75) is 18.8 Å². The molecule has 9 aromatic rings. The van der Waals surface area contributed by atoms with Gasteiger partial charge in [-0.15, -0.1) is 0 Å². The molecule has 0 aliphatic heterocycles. The maximum Gasteiger partial charge on any atom is 0.0547 e. The van der Waals surface area contributed by atoms with Gasteiger partial charge in [0.05, 0.1) is 11.0 Å². The van der Waals surface area contributed by atoms with Gasteiger partial charge >= 0.3 is 0 Å². The summed E-state index contributed by atoms with van der Waals surface area (Å²) in [6.45, 7) is 0. The smallest absolute Gasteiger partial charge is 0.0547 e. The van der Waals surface area contributed by atoms with Crippen molar-refractivity contribution in [2.24, 2.45) is 0 Å². The number of rotatable bonds is 7. The minimum Gasteiger partial charge on any atom is -0.309 e. The molecular weight excluding hydrogens is 627 g/mol. The topological polar surface area (TPSA) is 4.93 Å². The molecule has 0 N–H and O–H groups in total. The quantitative estimate of drug-likeness (QED) is 0.160. The van der Waals surface area contributed by atoms with Crippen LogP contribution in [0, 0.1) is 0 Å². The molecule has 1 aromatic heterocycles. The molecule has 246 valence electrons. The lowest BCUT2D eigenvalue weighted by Crippen LogP contribution is -2.00. The van der Waals surface area contributed by atoms with Gasteiger partial charge in [-0.2, -0.15) is 0 Å². The predicted octanol–water partition coefficient (Wildman–Crippen LogP) is 13.5. The zero-order valence-corrected chi connectivity index (χ0v) is 28.9. The van der Waals surface area contributed by atoms with E-state index in [-0.39, 0.29) is 0 Å². The van der Waals surface area contributed by atoms with Gasteiger partial charge < -0.3 is 4.57 Å². The van der Waals surface area contributed by atoms with Crippen LogP contribution in [0.15, 0.2) is 194 Å². The first kappa shape index (κ1) is 30.4. The van der Waals surface area contributed by atoms with E-state index < -0.39 is 0 Å². The molecule has 0 radical (unpaired) electrons. The summed E-state index contributed by atoms with van der Waals surface area (Å²) in [5, 5.41) is 2.55. The SMILES string of the molecule is c1ccc(-c2ccc3c(c2)C(CCc2ccc(-c4ccc(-n5c6ccccc6c6ccc(-c7ccccc7)cc65)cc4)cc2)c2ccccc2-3)cc1. The summed E-state index contributed by atoms with van der Waals surface area (Å²) >= 11 is 0. The lowest BCUT2D eigenvalue weighted by Gasteiger charge is -2.15. The predicted molar refractivity (Wildman–Crippen MR) is 219 cm³/mol. The minimum absolute atomic E-state index is 0.395. The molecule has 0 spiro atoms. The lowest BCUT2D eigenvalue weighted by atomic mass is 9.89. The highest BCUT2D eigenvalue weighted by molar-refractivity contribution is 6.10. The van der Waals surface area contributed by atoms with Crippen molar-refractivity contribution >= 4 is 21.8 Å². The first-order valence-electron chi connectivity index (χ1n) is 18.4. The average molecular weight is 664 g/mol. The highest BCUT2D eigenvalue weighted by Gasteiger charge is 2.28. The monoisotopic (exact) mass is 663 g/mol. The zero-order chi connectivity index (χ0) is 34.4. The Balaban J connectivity index is 0.916. The molecule has 0 saturated carbocycles. The second-order valence-electron chi connectivity index (χ2n) is 14.0. The third kappa shape index (κ3) is 5.25. The van der Waals surface area contributed by atoms with Crippen LogP contribution in [0.25, 0.3) is 72.0 Å². The van der Waals surface area contributed by atoms with Crippen molar-refractivity contribution in [1.29, 1.82) is 0 Å². The Morgan fingerprint density at radius 1 is 0.365 bits per heavy atom. The molecule has 0 bridgehead atoms. The zero-order valence-electron chi connectivity index (χ0n) is 28.9. The van der Waals surface area contributed by atoms with Gasteiger partial charge in [0.15, 0.2) is 0 Å². The van der Waals surface area contributed by atoms with Crippen molar-refractivity contribution in [3.8, 4) is 50.2 Å². The largest absolute Gasteiger partial charge is 0.309 e. The Kier molecular flexibility index (Phi) is 7.43. The molecule has 1 heterocycles. The molecule has 1 atom stereocenters. The first-order valence-corrected chi connectivity index (χ1v) is 18.4. The molecule has 1 nitrogen and oxygen atoms in total. The minimum atomic E-state index is 0.395. The number of fused-ring (bicyclic) bond motifs is 6. The normalized spacial score (nSPS) is 13.3. The number of aromatic nitrogens is 1. The van der Waals surface area contributed by atoms with Gasteiger partial charge in [-0.3, -0.25) is 0 Å². The van der Waals surface area contributed by atoms with E-state index in [1.807, 2.05) is 0 Å². The van der Waals surface area contributed by atoms with E-state index >= 15 is 0 Å². The van der Waals surface area contributed by atoms with Crippen LogP contribution in [0.1, 0.15) is 29.0 Å². The third-order valence-corrected chi connectivity index (χ3v) is 11.1. The van der Waals surface area contributed by atoms with Gasteiger partial charge in [0, 0.05) is 22.4 Å². The molecule has 1 aliphatic rings. The number of aryl methyl sites for hydroxylation is 1. The van der Waals surface area contributed by atoms with Gasteiger partial charge in [-0.05, 0) is 104 Å². The van der Waals surface area contributed by atoms with E-state index in [2.05, 4.69) is 199 Å². The molecule has 1 aliphatic carbocycles. The Labute approximate surface area is 305 Å². The number of hydrogen-bond acceptors (Lipinski definition) is 0. The highest BCUT2D eigenvalue weighted by Crippen LogP contribution is 2.48. The van der Waals surface area contributed by atoms with Crippen molar-refractivity contribution in [2.75, 3.05) is 0 Å². The van der Waals surface area contributed by atoms with Crippen LogP contribution in [-0.2, 0) is 6.42 Å². The average Bonchev–Trinajstić information content (AvgIpc) is 3.72. The molecule has 8 aromatic carbocycles. The van der Waals surface area contributed by atoms with E-state index in [0.29, 0.717) is 5.92 Å². The maximum atomic E-state index is 2.43. The van der Waals surface area contributed by atoms with E-state index in [1.54, 1.807) is 0 Å². The molecule has 10 rings (SSSR count). The summed E-state index contributed by atoms with van der Waals surface area (Å²) < 4.78 is 2.41. The summed E-state index contributed by atoms with van der Waals surface area (Å²) in [6, 6.07) is 71.3. The number of hydrogen-bond donors (Lipinski definition) is 0. The molecular formula is C51H37N. The van der Waals surface area contributed by atoms with Gasteiger partial charge in [0.25, 0.3) is 0 Å². The fraction of sp³-hybridized carbons (Fsp3) is 0.0588. The summed E-state index contributed by atoms with van der Waals surface area (Å²) in [5.74, 6) is 0.395. The van der Waals surface area contributed by atoms with E-state index in [4.69, 9.17) is 0 Å². The summed E-state index contributed by atoms with van der Waals surface area (Å²) in [5.41, 5.74) is 18.2. The fourth-order valence-corrected chi connectivity index (χ4v) is 8.47. The molecule has 1 heteroatoms. The first-order chi connectivity index (χ1) is 25.8. The van der Waals surface area contributed by atoms with Crippen LogP contribution in [0.5, 0.6) is 0 Å². The standard InChI is InChI=1S/C51H37N/c1-3-11-36(12-4-1)40-26-31-46-44-16-8-7-15-43(44)45(49(46)33-40)30-21-35-19-22-38(23-20-35)39-24-28-42(29-25-39)52-50-18-10-9-17-47(50)48-32-27-41(34-51(48)52)37-13-5-2-6-14-37/h1-20,22-29,31-34,45H,21,30H2. The van der Waals surface area contributed by atoms with Gasteiger partial charge in [-0.25, -0.2) is 0 Å². The molecule has 0 amide bonds. The van der Waals surface area contributed by atoms with Crippen LogP contribution < -0.4 is 0 Å². The Hall–Kier alpha value is -6.44. The Morgan fingerprint density at radius 2 is 0.904 bits per heavy atom. The molecule has 0 saturated heterocycles. The lowest BCUT2D eigenvalue weighted by molar-refractivity contribution is 0.730. The van der Waals surface area contributed by atoms with Gasteiger partial charge in [-0.1, -0.05) is 164 Å². The van der Waals surface area contributed by atoms with Crippen LogP contribution in [0.2, 0.25) is 0 Å². The third-order valence-electron chi connectivity index (χ3n) is 11.1. The highest BCUT2D eigenvalue weighted by atomic mass is 15.0. The summed E-state index contributed by atoms with van der Waals surface area (Å²) in [6.07, 6.45) is 2.12. The second kappa shape index (κ2) is 12.7. The van der Waals surface area contributed by atoms with Crippen molar-refractivity contribution in [3.63, 3.8) is 0 Å². The van der Waals surface area contributed by atoms with Gasteiger partial charge in [0.1, 0.15) is 0 Å². The fourth-order valence-electron chi connectivity index (χ4n) is 8.47. The van der Waals surface area contributed by atoms with Gasteiger partial charge in [0.2, 0.25) is 0 Å². The van der Waals surface area contributed by atoms with Crippen molar-refractivity contribution in [1.82, 2.24) is 4.57 Å². The van der Waals surface area contributed by atoms with E-state index in [9.17, 15) is 0 Å². The molecule has 1 unspecified atom stereocenters. The van der Waals surface area contributed by atoms with Crippen LogP contribution in [-0.4, -0.2) is 4.57 Å². The second-order valence-corrected chi connectivity index (χ2v) is 14.0. The molecule has 52 heavy (non-hydrogen) atoms. The molecule has 0 fully saturated rings. The van der Waals surface area contributed by atoms with Crippen molar-refractivity contribution < 1.29 is 0 Å². The van der Waals surface area contributed by atoms with Crippen LogP contribution in [0.4, 0.5) is 0 Å². The number of para-hydroxylation sites is 1. The van der Waals surface area contributed by atoms with Crippen LogP contribution in [0.3, 0.4) is 0 Å². The van der Waals surface area contributed by atoms with Crippen LogP contribution >= 0.6 is 0 Å². The van der Waals surface area contributed by atoms with E-state index in [1.165, 1.54) is 88.7 Å². The van der Waals surface area contributed by atoms with E-state index in [0.717, 1.165) is 12.8 Å². The number of nitrogens with zero attached hydrogens (tertiary/aromatic N) is 1.